The van der Waals surface area contributed by atoms with E-state index in [9.17, 15) is 6.85 Å². The highest BCUT2D eigenvalue weighted by Gasteiger charge is 2.22. The summed E-state index contributed by atoms with van der Waals surface area (Å²) in [7, 11) is 0. The van der Waals surface area contributed by atoms with E-state index in [1.54, 1.807) is 66.7 Å². The summed E-state index contributed by atoms with van der Waals surface area (Å²) in [6.07, 6.45) is 0. The predicted octanol–water partition coefficient (Wildman–Crippen LogP) is 13.7. The highest BCUT2D eigenvalue weighted by molar-refractivity contribution is 6.28. The van der Waals surface area contributed by atoms with E-state index in [1.807, 2.05) is 0 Å². The van der Waals surface area contributed by atoms with Crippen molar-refractivity contribution >= 4 is 54.3 Å². The quantitative estimate of drug-likeness (QED) is 0.174. The van der Waals surface area contributed by atoms with Gasteiger partial charge in [0.15, 0.2) is 0 Å². The van der Waals surface area contributed by atoms with E-state index in [0.29, 0.717) is 38.2 Å². The monoisotopic (exact) mass is 641 g/mol. The normalized spacial score (nSPS) is 17.1. The average Bonchev–Trinajstić information content (AvgIpc) is 3.74. The van der Waals surface area contributed by atoms with Gasteiger partial charge >= 0.3 is 0 Å². The molecule has 0 aliphatic carbocycles. The lowest BCUT2D eigenvalue weighted by Gasteiger charge is -2.18. The van der Waals surface area contributed by atoms with Crippen LogP contribution in [-0.4, -0.2) is 0 Å². The number of furan rings is 1. The van der Waals surface area contributed by atoms with Crippen LogP contribution < -0.4 is 0 Å². The second-order valence-electron chi connectivity index (χ2n) is 11.3. The Balaban J connectivity index is 1.36. The summed E-state index contributed by atoms with van der Waals surface area (Å²) in [6.45, 7) is 0. The van der Waals surface area contributed by atoms with Crippen molar-refractivity contribution in [1.29, 1.82) is 0 Å². The Hall–Kier alpha value is -6.44. The second kappa shape index (κ2) is 11.1. The molecule has 0 atom stereocenters. The van der Waals surface area contributed by atoms with Gasteiger partial charge in [-0.2, -0.15) is 0 Å². The Kier molecular flexibility index (Phi) is 3.34. The predicted molar refractivity (Wildman–Crippen MR) is 208 cm³/mol. The second-order valence-corrected chi connectivity index (χ2v) is 11.3. The summed E-state index contributed by atoms with van der Waals surface area (Å²) in [6, 6.07) is 6.90. The smallest absolute Gasteiger partial charge is 0.143 e. The standard InChI is InChI=1S/C48H30O/c1-3-14-31(15-4-1)32-26-28-34(29-27-32)45-36-19-8-10-21-38(36)46(39-22-11-9-20-37(39)45)41-24-13-25-44-47(41)43-30-42(33-16-5-2-6-17-33)35-18-7-12-23-40(35)48(43)49-44/h1-30H/i1D,2D,3D,4D,5D,6D,7D,12D,14D,15D,16D,17D,18D,23D,26D,27D,28D,29D,30D. The fourth-order valence-electron chi connectivity index (χ4n) is 6.70. The molecule has 10 aromatic rings. The molecule has 0 spiro atoms. The molecule has 0 aliphatic rings. The molecule has 0 radical (unpaired) electrons. The Bertz CT molecular complexity index is 3830. The van der Waals surface area contributed by atoms with E-state index in [1.165, 1.54) is 0 Å². The Morgan fingerprint density at radius 1 is 0.367 bits per heavy atom. The van der Waals surface area contributed by atoms with Crippen LogP contribution in [0.2, 0.25) is 0 Å². The summed E-state index contributed by atoms with van der Waals surface area (Å²) in [5.41, 5.74) is -0.485. The molecule has 1 heterocycles. The molecule has 0 amide bonds. The molecule has 1 aromatic heterocycles. The molecule has 0 N–H and O–H groups in total. The summed E-state index contributed by atoms with van der Waals surface area (Å²) >= 11 is 0. The molecule has 0 saturated carbocycles. The van der Waals surface area contributed by atoms with Crippen LogP contribution in [0, 0.1) is 0 Å². The minimum Gasteiger partial charge on any atom is -0.455 e. The van der Waals surface area contributed by atoms with E-state index < -0.39 is 131 Å². The van der Waals surface area contributed by atoms with Crippen LogP contribution in [0.5, 0.6) is 0 Å². The zero-order valence-corrected chi connectivity index (χ0v) is 25.3. The van der Waals surface area contributed by atoms with Crippen LogP contribution in [-0.2, 0) is 0 Å². The van der Waals surface area contributed by atoms with Gasteiger partial charge in [-0.25, -0.2) is 0 Å². The SMILES string of the molecule is [2H]c1c([2H])c([2H])c(-c2c([2H])c([2H])c(-c3c4ccccc4c(-c4cccc5oc6c7c([2H])c([2H])c([2H])c([2H])c7c(-c7c([2H])c([2H])c([2H])c([2H])c7[2H])c([2H])c6c45)c4ccccc34)c([2H])c2[2H])c([2H])c1[2H]. The first-order chi connectivity index (χ1) is 32.2. The average molecular weight is 642 g/mol. The molecular formula is C48H30O. The lowest BCUT2D eigenvalue weighted by Crippen LogP contribution is -1.91. The molecule has 0 bridgehead atoms. The van der Waals surface area contributed by atoms with Crippen molar-refractivity contribution in [2.75, 3.05) is 0 Å². The highest BCUT2D eigenvalue weighted by Crippen LogP contribution is 2.48. The minimum atomic E-state index is -0.712. The Morgan fingerprint density at radius 3 is 1.55 bits per heavy atom. The van der Waals surface area contributed by atoms with Crippen molar-refractivity contribution in [3.05, 3.63) is 182 Å². The van der Waals surface area contributed by atoms with Gasteiger partial charge < -0.3 is 4.42 Å². The zero-order valence-electron chi connectivity index (χ0n) is 44.3. The number of hydrogen-bond acceptors (Lipinski definition) is 1. The molecule has 1 nitrogen and oxygen atoms in total. The van der Waals surface area contributed by atoms with Crippen LogP contribution in [0.15, 0.2) is 186 Å². The van der Waals surface area contributed by atoms with Gasteiger partial charge in [0.2, 0.25) is 0 Å². The number of benzene rings is 9. The van der Waals surface area contributed by atoms with Gasteiger partial charge in [-0.05, 0) is 83.5 Å². The van der Waals surface area contributed by atoms with Gasteiger partial charge in [0, 0.05) is 16.2 Å². The maximum absolute atomic E-state index is 9.92. The topological polar surface area (TPSA) is 13.1 Å². The number of hydrogen-bond donors (Lipinski definition) is 0. The fourth-order valence-corrected chi connectivity index (χ4v) is 6.70. The molecular weight excluding hydrogens is 593 g/mol. The zero-order chi connectivity index (χ0) is 48.8. The molecule has 49 heavy (non-hydrogen) atoms. The van der Waals surface area contributed by atoms with Crippen LogP contribution in [0.1, 0.15) is 26.0 Å². The number of rotatable bonds is 4. The van der Waals surface area contributed by atoms with Gasteiger partial charge in [-0.15, -0.1) is 0 Å². The van der Waals surface area contributed by atoms with Gasteiger partial charge in [0.25, 0.3) is 0 Å². The third kappa shape index (κ3) is 4.33. The van der Waals surface area contributed by atoms with Crippen LogP contribution >= 0.6 is 0 Å². The van der Waals surface area contributed by atoms with Gasteiger partial charge in [-0.1, -0.05) is 169 Å². The van der Waals surface area contributed by atoms with E-state index >= 15 is 0 Å². The lowest BCUT2D eigenvalue weighted by molar-refractivity contribution is 0.673. The van der Waals surface area contributed by atoms with Crippen molar-refractivity contribution in [3.63, 3.8) is 0 Å². The third-order valence-electron chi connectivity index (χ3n) is 8.71. The first kappa shape index (κ1) is 14.8. The van der Waals surface area contributed by atoms with E-state index in [0.717, 1.165) is 0 Å². The molecule has 228 valence electrons. The van der Waals surface area contributed by atoms with Crippen molar-refractivity contribution in [2.24, 2.45) is 0 Å². The number of fused-ring (bicyclic) bond motifs is 7. The largest absolute Gasteiger partial charge is 0.455 e. The van der Waals surface area contributed by atoms with Crippen molar-refractivity contribution in [2.45, 2.75) is 0 Å². The van der Waals surface area contributed by atoms with Crippen molar-refractivity contribution in [1.82, 2.24) is 0 Å². The van der Waals surface area contributed by atoms with Crippen LogP contribution in [0.25, 0.3) is 98.8 Å². The summed E-state index contributed by atoms with van der Waals surface area (Å²) in [4.78, 5) is 0. The summed E-state index contributed by atoms with van der Waals surface area (Å²) < 4.78 is 174. The fraction of sp³-hybridized carbons (Fsp3) is 0. The first-order valence-electron chi connectivity index (χ1n) is 24.8. The molecule has 0 unspecified atom stereocenters. The molecule has 0 fully saturated rings. The Labute approximate surface area is 311 Å². The van der Waals surface area contributed by atoms with Crippen LogP contribution in [0.4, 0.5) is 0 Å². The van der Waals surface area contributed by atoms with E-state index in [-0.39, 0.29) is 43.8 Å². The van der Waals surface area contributed by atoms with Gasteiger partial charge in [0.1, 0.15) is 11.2 Å². The van der Waals surface area contributed by atoms with Crippen LogP contribution in [0.3, 0.4) is 0 Å². The molecule has 9 aromatic carbocycles. The third-order valence-corrected chi connectivity index (χ3v) is 8.71. The maximum Gasteiger partial charge on any atom is 0.143 e. The van der Waals surface area contributed by atoms with Gasteiger partial charge in [-0.3, -0.25) is 0 Å². The maximum atomic E-state index is 9.92. The summed E-state index contributed by atoms with van der Waals surface area (Å²) in [5, 5.41) is 1.81. The summed E-state index contributed by atoms with van der Waals surface area (Å²) in [5.74, 6) is 0. The molecule has 10 rings (SSSR count). The van der Waals surface area contributed by atoms with E-state index in [4.69, 9.17) is 23.6 Å². The molecule has 0 aliphatic heterocycles. The Morgan fingerprint density at radius 2 is 0.898 bits per heavy atom. The van der Waals surface area contributed by atoms with Gasteiger partial charge in [0.05, 0.1) is 26.0 Å². The molecule has 1 heteroatoms. The van der Waals surface area contributed by atoms with Crippen molar-refractivity contribution < 1.29 is 30.5 Å². The minimum absolute atomic E-state index is 0.0232. The molecule has 0 saturated heterocycles. The van der Waals surface area contributed by atoms with Crippen molar-refractivity contribution in [3.8, 4) is 44.5 Å². The first-order valence-corrected chi connectivity index (χ1v) is 15.3. The highest BCUT2D eigenvalue weighted by atomic mass is 16.3. The lowest BCUT2D eigenvalue weighted by atomic mass is 9.84. The van der Waals surface area contributed by atoms with E-state index in [2.05, 4.69) is 0 Å².